The minimum absolute atomic E-state index is 0.107. The predicted octanol–water partition coefficient (Wildman–Crippen LogP) is 2.58. The molecule has 0 saturated carbocycles. The van der Waals surface area contributed by atoms with Crippen molar-refractivity contribution in [1.82, 2.24) is 4.57 Å². The van der Waals surface area contributed by atoms with Gasteiger partial charge in [0.2, 0.25) is 0 Å². The lowest BCUT2D eigenvalue weighted by Gasteiger charge is -2.01. The molecule has 0 bridgehead atoms. The highest BCUT2D eigenvalue weighted by Crippen LogP contribution is 2.11. The van der Waals surface area contributed by atoms with Crippen LogP contribution in [-0.2, 0) is 0 Å². The van der Waals surface area contributed by atoms with Crippen molar-refractivity contribution in [3.8, 4) is 17.8 Å². The van der Waals surface area contributed by atoms with Crippen molar-refractivity contribution < 1.29 is 0 Å². The number of halogens is 1. The summed E-state index contributed by atoms with van der Waals surface area (Å²) in [6.45, 7) is 0. The molecule has 0 unspecified atom stereocenters. The van der Waals surface area contributed by atoms with E-state index in [4.69, 9.17) is 11.6 Å². The van der Waals surface area contributed by atoms with Crippen molar-refractivity contribution in [3.05, 3.63) is 84.7 Å². The second-order valence-electron chi connectivity index (χ2n) is 5.04. The number of thiazole rings is 1. The summed E-state index contributed by atoms with van der Waals surface area (Å²) in [6.07, 6.45) is 1.75. The van der Waals surface area contributed by atoms with E-state index in [2.05, 4.69) is 0 Å². The highest BCUT2D eigenvalue weighted by Gasteiger charge is 2.11. The van der Waals surface area contributed by atoms with E-state index >= 15 is 0 Å². The van der Waals surface area contributed by atoms with Crippen LogP contribution in [0.3, 0.4) is 0 Å². The Balaban J connectivity index is 2.39. The zero-order valence-electron chi connectivity index (χ0n) is 12.8. The van der Waals surface area contributed by atoms with Gasteiger partial charge < -0.3 is 0 Å². The summed E-state index contributed by atoms with van der Waals surface area (Å²) in [7, 11) is 0. The average Bonchev–Trinajstić information content (AvgIpc) is 2.94. The molecule has 3 rings (SSSR count). The second-order valence-corrected chi connectivity index (χ2v) is 6.51. The van der Waals surface area contributed by atoms with Crippen LogP contribution in [-0.4, -0.2) is 4.57 Å². The number of benzene rings is 2. The third-order valence-corrected chi connectivity index (χ3v) is 4.79. The van der Waals surface area contributed by atoms with E-state index in [0.717, 1.165) is 16.9 Å². The van der Waals surface area contributed by atoms with E-state index in [-0.39, 0.29) is 11.1 Å². The standard InChI is InChI=1S/C19H10ClN3OS/c20-15-6-8-16(9-7-15)23-18(24)17(10-13-4-2-1-3-5-13)25-19(23)14(11-21)12-22/h1-10H/b17-10-. The Kier molecular flexibility index (Phi) is 4.81. The molecule has 0 N–H and O–H groups in total. The van der Waals surface area contributed by atoms with Gasteiger partial charge in [-0.15, -0.1) is 11.3 Å². The molecule has 1 aromatic heterocycles. The third kappa shape index (κ3) is 3.39. The second kappa shape index (κ2) is 7.19. The molecule has 25 heavy (non-hydrogen) atoms. The van der Waals surface area contributed by atoms with Gasteiger partial charge >= 0.3 is 0 Å². The van der Waals surface area contributed by atoms with Gasteiger partial charge in [-0.05, 0) is 35.9 Å². The summed E-state index contributed by atoms with van der Waals surface area (Å²) < 4.78 is 2.12. The first-order chi connectivity index (χ1) is 12.1. The molecule has 2 aromatic carbocycles. The molecule has 4 nitrogen and oxygen atoms in total. The number of hydrogen-bond acceptors (Lipinski definition) is 4. The van der Waals surface area contributed by atoms with E-state index in [1.807, 2.05) is 42.5 Å². The van der Waals surface area contributed by atoms with E-state index in [9.17, 15) is 15.3 Å². The monoisotopic (exact) mass is 363 g/mol. The van der Waals surface area contributed by atoms with E-state index in [0.29, 0.717) is 19.9 Å². The highest BCUT2D eigenvalue weighted by molar-refractivity contribution is 7.07. The van der Waals surface area contributed by atoms with Crippen molar-refractivity contribution in [3.63, 3.8) is 0 Å². The maximum absolute atomic E-state index is 12.9. The van der Waals surface area contributed by atoms with E-state index < -0.39 is 0 Å². The van der Waals surface area contributed by atoms with Crippen molar-refractivity contribution in [2.75, 3.05) is 0 Å². The van der Waals surface area contributed by atoms with Crippen molar-refractivity contribution in [1.29, 1.82) is 10.5 Å². The number of hydrogen-bond donors (Lipinski definition) is 0. The van der Waals surface area contributed by atoms with E-state index in [1.54, 1.807) is 30.3 Å². The molecule has 6 heteroatoms. The first-order valence-corrected chi connectivity index (χ1v) is 8.42. The smallest absolute Gasteiger partial charge is 0.267 e. The fraction of sp³-hybridized carbons (Fsp3) is 0. The number of rotatable bonds is 2. The molecule has 0 spiro atoms. The van der Waals surface area contributed by atoms with Crippen LogP contribution in [0.5, 0.6) is 0 Å². The lowest BCUT2D eigenvalue weighted by molar-refractivity contribution is 0.988. The molecule has 0 aliphatic carbocycles. The van der Waals surface area contributed by atoms with Crippen LogP contribution in [0.25, 0.3) is 17.3 Å². The minimum Gasteiger partial charge on any atom is -0.267 e. The van der Waals surface area contributed by atoms with Crippen LogP contribution in [0.15, 0.2) is 59.4 Å². The van der Waals surface area contributed by atoms with Crippen molar-refractivity contribution in [2.24, 2.45) is 0 Å². The van der Waals surface area contributed by atoms with Crippen LogP contribution in [0.2, 0.25) is 5.02 Å². The molecule has 120 valence electrons. The van der Waals surface area contributed by atoms with Crippen molar-refractivity contribution in [2.45, 2.75) is 0 Å². The minimum atomic E-state index is -0.283. The summed E-state index contributed by atoms with van der Waals surface area (Å²) in [4.78, 5) is 12.9. The summed E-state index contributed by atoms with van der Waals surface area (Å²) in [5, 5.41) is 19.0. The lowest BCUT2D eigenvalue weighted by Crippen LogP contribution is -2.30. The molecular weight excluding hydrogens is 354 g/mol. The van der Waals surface area contributed by atoms with Crippen molar-refractivity contribution >= 4 is 34.6 Å². The van der Waals surface area contributed by atoms with Gasteiger partial charge in [0.15, 0.2) is 5.57 Å². The Morgan fingerprint density at radius 2 is 1.68 bits per heavy atom. The first-order valence-electron chi connectivity index (χ1n) is 7.23. The zero-order chi connectivity index (χ0) is 17.8. The number of nitrogens with zero attached hydrogens (tertiary/aromatic N) is 3. The van der Waals surface area contributed by atoms with Gasteiger partial charge in [0.1, 0.15) is 16.8 Å². The third-order valence-electron chi connectivity index (χ3n) is 3.44. The largest absolute Gasteiger partial charge is 0.273 e. The van der Waals surface area contributed by atoms with Gasteiger partial charge in [-0.25, -0.2) is 0 Å². The van der Waals surface area contributed by atoms with Crippen LogP contribution in [0.1, 0.15) is 5.56 Å². The quantitative estimate of drug-likeness (QED) is 0.702. The first kappa shape index (κ1) is 16.7. The van der Waals surface area contributed by atoms with Gasteiger partial charge in [0, 0.05) is 5.02 Å². The topological polar surface area (TPSA) is 69.6 Å². The molecule has 0 atom stereocenters. The fourth-order valence-electron chi connectivity index (χ4n) is 2.30. The summed E-state index contributed by atoms with van der Waals surface area (Å²) in [5.41, 5.74) is 1.03. The number of aromatic nitrogens is 1. The molecule has 0 fully saturated rings. The Morgan fingerprint density at radius 1 is 1.04 bits per heavy atom. The predicted molar refractivity (Wildman–Crippen MR) is 98.8 cm³/mol. The zero-order valence-corrected chi connectivity index (χ0v) is 14.4. The molecule has 1 heterocycles. The summed E-state index contributed by atoms with van der Waals surface area (Å²) in [5.74, 6) is 0. The van der Waals surface area contributed by atoms with Gasteiger partial charge in [-0.2, -0.15) is 10.5 Å². The van der Waals surface area contributed by atoms with Crippen LogP contribution >= 0.6 is 22.9 Å². The summed E-state index contributed by atoms with van der Waals surface area (Å²) in [6, 6.07) is 19.8. The Labute approximate surface area is 152 Å². The molecular formula is C19H10ClN3OS. The molecule has 3 aromatic rings. The molecule has 0 aliphatic heterocycles. The Morgan fingerprint density at radius 3 is 2.28 bits per heavy atom. The average molecular weight is 364 g/mol. The molecule has 0 radical (unpaired) electrons. The summed E-state index contributed by atoms with van der Waals surface area (Å²) >= 11 is 7.02. The maximum atomic E-state index is 12.9. The normalized spacial score (nSPS) is 10.9. The van der Waals surface area contributed by atoms with Gasteiger partial charge in [0.05, 0.1) is 10.2 Å². The van der Waals surface area contributed by atoms with Crippen LogP contribution in [0, 0.1) is 22.7 Å². The van der Waals surface area contributed by atoms with Gasteiger partial charge in [-0.1, -0.05) is 41.9 Å². The van der Waals surface area contributed by atoms with Gasteiger partial charge in [-0.3, -0.25) is 9.36 Å². The SMILES string of the molecule is N#CC(C#N)=c1s/c(=C\c2ccccc2)c(=O)n1-c1ccc(Cl)cc1. The van der Waals surface area contributed by atoms with Gasteiger partial charge in [0.25, 0.3) is 5.56 Å². The molecule has 0 amide bonds. The Hall–Kier alpha value is -3.12. The van der Waals surface area contributed by atoms with E-state index in [1.165, 1.54) is 4.57 Å². The van der Waals surface area contributed by atoms with Crippen LogP contribution < -0.4 is 14.8 Å². The maximum Gasteiger partial charge on any atom is 0.273 e. The Bertz CT molecular complexity index is 1160. The fourth-order valence-corrected chi connectivity index (χ4v) is 3.48. The lowest BCUT2D eigenvalue weighted by atomic mass is 10.2. The molecule has 0 saturated heterocycles. The highest BCUT2D eigenvalue weighted by atomic mass is 35.5. The number of nitriles is 2. The van der Waals surface area contributed by atoms with Crippen LogP contribution in [0.4, 0.5) is 0 Å². The molecule has 0 aliphatic rings.